The van der Waals surface area contributed by atoms with E-state index < -0.39 is 0 Å². The molecular weight excluding hydrogens is 260 g/mol. The molecule has 0 aliphatic carbocycles. The first kappa shape index (κ1) is 15.6. The lowest BCUT2D eigenvalue weighted by Crippen LogP contribution is -3.11. The van der Waals surface area contributed by atoms with Crippen molar-refractivity contribution in [2.75, 3.05) is 32.7 Å². The maximum atomic E-state index is 12.1. The zero-order chi connectivity index (χ0) is 15.1. The Balaban J connectivity index is 1.85. The van der Waals surface area contributed by atoms with Crippen LogP contribution in [-0.4, -0.2) is 43.5 Å². The Hall–Kier alpha value is -1.79. The molecule has 2 rings (SSSR count). The van der Waals surface area contributed by atoms with Crippen LogP contribution in [0.5, 0.6) is 0 Å². The van der Waals surface area contributed by atoms with E-state index >= 15 is 0 Å². The summed E-state index contributed by atoms with van der Waals surface area (Å²) in [5.74, 6) is 6.93. The molecule has 1 N–H and O–H groups in total. The molecular formula is C18H25N2O+. The summed E-state index contributed by atoms with van der Waals surface area (Å²) in [6, 6.07) is 10.3. The normalized spacial score (nSPS) is 18.0. The van der Waals surface area contributed by atoms with E-state index in [1.807, 2.05) is 23.1 Å². The molecule has 3 nitrogen and oxygen atoms in total. The molecule has 1 fully saturated rings. The summed E-state index contributed by atoms with van der Waals surface area (Å²) < 4.78 is 0. The predicted molar refractivity (Wildman–Crippen MR) is 85.1 cm³/mol. The van der Waals surface area contributed by atoms with E-state index in [4.69, 9.17) is 0 Å². The van der Waals surface area contributed by atoms with Crippen LogP contribution in [-0.2, 0) is 4.79 Å². The van der Waals surface area contributed by atoms with Crippen molar-refractivity contribution in [1.82, 2.24) is 4.90 Å². The number of carbonyl (C=O) groups excluding carboxylic acids is 1. The van der Waals surface area contributed by atoms with Crippen LogP contribution in [0.25, 0.3) is 0 Å². The van der Waals surface area contributed by atoms with Gasteiger partial charge < -0.3 is 9.80 Å². The molecule has 0 saturated carbocycles. The van der Waals surface area contributed by atoms with Crippen LogP contribution in [0, 0.1) is 11.8 Å². The average molecular weight is 285 g/mol. The van der Waals surface area contributed by atoms with Crippen molar-refractivity contribution in [3.8, 4) is 11.8 Å². The minimum Gasteiger partial charge on any atom is -0.331 e. The fraction of sp³-hybridized carbons (Fsp3) is 0.500. The maximum Gasteiger partial charge on any atom is 0.224 e. The third kappa shape index (κ3) is 4.34. The predicted octanol–water partition coefficient (Wildman–Crippen LogP) is 0.931. The summed E-state index contributed by atoms with van der Waals surface area (Å²) in [4.78, 5) is 15.4. The Labute approximate surface area is 127 Å². The number of nitrogens with zero attached hydrogens (tertiary/aromatic N) is 1. The second-order valence-corrected chi connectivity index (χ2v) is 5.57. The SMILES string of the molecule is CC[NH+](CC)CC#CCN1C[C@@H](c2ccccc2)CC1=O. The monoisotopic (exact) mass is 285 g/mol. The summed E-state index contributed by atoms with van der Waals surface area (Å²) in [5, 5.41) is 0. The number of nitrogens with one attached hydrogen (secondary N) is 1. The number of amides is 1. The first-order valence-corrected chi connectivity index (χ1v) is 7.86. The summed E-state index contributed by atoms with van der Waals surface area (Å²) in [6.07, 6.45) is 0.618. The second-order valence-electron chi connectivity index (χ2n) is 5.57. The maximum absolute atomic E-state index is 12.1. The van der Waals surface area contributed by atoms with Crippen molar-refractivity contribution in [3.05, 3.63) is 35.9 Å². The zero-order valence-electron chi connectivity index (χ0n) is 13.1. The standard InChI is InChI=1S/C18H24N2O/c1-3-19(4-2)12-8-9-13-20-15-17(14-18(20)21)16-10-6-5-7-11-16/h5-7,10-11,17H,3-4,12-15H2,1-2H3/p+1/t17-/m0/s1. The molecule has 0 bridgehead atoms. The van der Waals surface area contributed by atoms with E-state index in [9.17, 15) is 4.79 Å². The van der Waals surface area contributed by atoms with Crippen LogP contribution in [0.4, 0.5) is 0 Å². The van der Waals surface area contributed by atoms with Gasteiger partial charge in [-0.05, 0) is 25.3 Å². The minimum atomic E-state index is 0.230. The van der Waals surface area contributed by atoms with E-state index in [2.05, 4.69) is 37.8 Å². The smallest absolute Gasteiger partial charge is 0.224 e. The Kier molecular flexibility index (Phi) is 5.83. The van der Waals surface area contributed by atoms with Crippen molar-refractivity contribution in [3.63, 3.8) is 0 Å². The van der Waals surface area contributed by atoms with Gasteiger partial charge >= 0.3 is 0 Å². The van der Waals surface area contributed by atoms with Crippen molar-refractivity contribution in [1.29, 1.82) is 0 Å². The largest absolute Gasteiger partial charge is 0.331 e. The Morgan fingerprint density at radius 1 is 1.19 bits per heavy atom. The number of rotatable bonds is 5. The molecule has 0 aromatic heterocycles. The van der Waals surface area contributed by atoms with Crippen LogP contribution in [0.15, 0.2) is 30.3 Å². The van der Waals surface area contributed by atoms with Gasteiger partial charge in [0.25, 0.3) is 0 Å². The number of benzene rings is 1. The molecule has 1 amide bonds. The van der Waals surface area contributed by atoms with E-state index in [-0.39, 0.29) is 5.91 Å². The van der Waals surface area contributed by atoms with E-state index in [0.717, 1.165) is 26.2 Å². The van der Waals surface area contributed by atoms with Gasteiger partial charge in [0.1, 0.15) is 6.54 Å². The summed E-state index contributed by atoms with van der Waals surface area (Å²) in [6.45, 7) is 8.80. The van der Waals surface area contributed by atoms with Crippen LogP contribution in [0.1, 0.15) is 31.7 Å². The average Bonchev–Trinajstić information content (AvgIpc) is 2.89. The third-order valence-electron chi connectivity index (χ3n) is 4.22. The second kappa shape index (κ2) is 7.85. The van der Waals surface area contributed by atoms with Gasteiger partial charge in [-0.3, -0.25) is 4.79 Å². The van der Waals surface area contributed by atoms with Gasteiger partial charge in [-0.15, -0.1) is 0 Å². The third-order valence-corrected chi connectivity index (χ3v) is 4.22. The molecule has 1 heterocycles. The number of likely N-dealkylation sites (tertiary alicyclic amines) is 1. The molecule has 1 saturated heterocycles. The zero-order valence-corrected chi connectivity index (χ0v) is 13.1. The van der Waals surface area contributed by atoms with Crippen LogP contribution >= 0.6 is 0 Å². The van der Waals surface area contributed by atoms with Gasteiger partial charge in [0, 0.05) is 18.9 Å². The number of carbonyl (C=O) groups is 1. The number of hydrogen-bond acceptors (Lipinski definition) is 1. The van der Waals surface area contributed by atoms with E-state index in [0.29, 0.717) is 18.9 Å². The molecule has 1 aliphatic heterocycles. The van der Waals surface area contributed by atoms with E-state index in [1.165, 1.54) is 10.5 Å². The molecule has 1 atom stereocenters. The van der Waals surface area contributed by atoms with E-state index in [1.54, 1.807) is 0 Å². The highest BCUT2D eigenvalue weighted by molar-refractivity contribution is 5.80. The summed E-state index contributed by atoms with van der Waals surface area (Å²) >= 11 is 0. The lowest BCUT2D eigenvalue weighted by molar-refractivity contribution is -0.889. The van der Waals surface area contributed by atoms with Crippen LogP contribution in [0.2, 0.25) is 0 Å². The van der Waals surface area contributed by atoms with Crippen LogP contribution < -0.4 is 4.90 Å². The molecule has 0 spiro atoms. The van der Waals surface area contributed by atoms with Gasteiger partial charge in [-0.2, -0.15) is 0 Å². The molecule has 112 valence electrons. The first-order chi connectivity index (χ1) is 10.2. The van der Waals surface area contributed by atoms with Gasteiger partial charge in [0.15, 0.2) is 0 Å². The Morgan fingerprint density at radius 3 is 2.57 bits per heavy atom. The summed E-state index contributed by atoms with van der Waals surface area (Å²) in [7, 11) is 0. The highest BCUT2D eigenvalue weighted by Gasteiger charge is 2.29. The van der Waals surface area contributed by atoms with Gasteiger partial charge in [-0.25, -0.2) is 0 Å². The van der Waals surface area contributed by atoms with Crippen molar-refractivity contribution < 1.29 is 9.69 Å². The molecule has 3 heteroatoms. The highest BCUT2D eigenvalue weighted by atomic mass is 16.2. The van der Waals surface area contributed by atoms with Gasteiger partial charge in [0.2, 0.25) is 5.91 Å². The first-order valence-electron chi connectivity index (χ1n) is 7.86. The fourth-order valence-corrected chi connectivity index (χ4v) is 2.71. The lowest BCUT2D eigenvalue weighted by atomic mass is 9.99. The quantitative estimate of drug-likeness (QED) is 0.800. The Morgan fingerprint density at radius 2 is 1.90 bits per heavy atom. The Bertz CT molecular complexity index is 511. The van der Waals surface area contributed by atoms with Crippen LogP contribution in [0.3, 0.4) is 0 Å². The molecule has 1 aromatic carbocycles. The molecule has 0 radical (unpaired) electrons. The van der Waals surface area contributed by atoms with Crippen molar-refractivity contribution in [2.45, 2.75) is 26.2 Å². The highest BCUT2D eigenvalue weighted by Crippen LogP contribution is 2.27. The molecule has 1 aliphatic rings. The minimum absolute atomic E-state index is 0.230. The molecule has 21 heavy (non-hydrogen) atoms. The van der Waals surface area contributed by atoms with Crippen molar-refractivity contribution in [2.24, 2.45) is 0 Å². The van der Waals surface area contributed by atoms with Crippen molar-refractivity contribution >= 4 is 5.91 Å². The summed E-state index contributed by atoms with van der Waals surface area (Å²) in [5.41, 5.74) is 1.26. The molecule has 1 aromatic rings. The number of hydrogen-bond donors (Lipinski definition) is 1. The topological polar surface area (TPSA) is 24.8 Å². The lowest BCUT2D eigenvalue weighted by Gasteiger charge is -2.13. The fourth-order valence-electron chi connectivity index (χ4n) is 2.71. The van der Waals surface area contributed by atoms with Gasteiger partial charge in [-0.1, -0.05) is 36.3 Å². The molecule has 0 unspecified atom stereocenters. The van der Waals surface area contributed by atoms with Gasteiger partial charge in [0.05, 0.1) is 19.6 Å². The number of quaternary nitrogens is 1.